The first-order chi connectivity index (χ1) is 7.36. The van der Waals surface area contributed by atoms with Gasteiger partial charge in [0.25, 0.3) is 0 Å². The first kappa shape index (κ1) is 8.17. The molecular weight excluding hydrogens is 186 g/mol. The number of anilines is 1. The molecule has 3 aromatic rings. The van der Waals surface area contributed by atoms with E-state index in [1.165, 1.54) is 0 Å². The van der Waals surface area contributed by atoms with Gasteiger partial charge >= 0.3 is 0 Å². The van der Waals surface area contributed by atoms with Crippen molar-refractivity contribution in [3.8, 4) is 0 Å². The summed E-state index contributed by atoms with van der Waals surface area (Å²) in [7, 11) is 0. The molecule has 3 rings (SSSR count). The van der Waals surface area contributed by atoms with Crippen molar-refractivity contribution < 1.29 is 0 Å². The van der Waals surface area contributed by atoms with E-state index in [9.17, 15) is 0 Å². The number of nitrogens with two attached hydrogens (primary N) is 1. The second kappa shape index (κ2) is 2.92. The second-order valence-corrected chi connectivity index (χ2v) is 3.44. The quantitative estimate of drug-likeness (QED) is 0.560. The average Bonchev–Trinajstić information content (AvgIpc) is 2.30. The van der Waals surface area contributed by atoms with Gasteiger partial charge in [-0.3, -0.25) is 4.98 Å². The zero-order chi connectivity index (χ0) is 10.3. The second-order valence-electron chi connectivity index (χ2n) is 3.44. The predicted octanol–water partition coefficient (Wildman–Crippen LogP) is 2.37. The van der Waals surface area contributed by atoms with Gasteiger partial charge in [-0.2, -0.15) is 0 Å². The Morgan fingerprint density at radius 2 is 1.80 bits per heavy atom. The number of hydrogen-bond donors (Lipinski definition) is 1. The van der Waals surface area contributed by atoms with Gasteiger partial charge < -0.3 is 5.73 Å². The third-order valence-electron chi connectivity index (χ3n) is 2.53. The topological polar surface area (TPSA) is 51.8 Å². The van der Waals surface area contributed by atoms with Crippen LogP contribution in [0.25, 0.3) is 21.7 Å². The van der Waals surface area contributed by atoms with Gasteiger partial charge in [0, 0.05) is 23.2 Å². The Kier molecular flexibility index (Phi) is 1.59. The van der Waals surface area contributed by atoms with Crippen LogP contribution in [0.1, 0.15) is 0 Å². The van der Waals surface area contributed by atoms with Gasteiger partial charge in [0.05, 0.1) is 5.52 Å². The van der Waals surface area contributed by atoms with Gasteiger partial charge in [-0.25, -0.2) is 4.98 Å². The molecule has 0 unspecified atom stereocenters. The summed E-state index contributed by atoms with van der Waals surface area (Å²) in [6.07, 6.45) is 3.53. The van der Waals surface area contributed by atoms with Crippen LogP contribution in [0.2, 0.25) is 0 Å². The fourth-order valence-corrected chi connectivity index (χ4v) is 1.82. The van der Waals surface area contributed by atoms with E-state index in [4.69, 9.17) is 5.73 Å². The Bertz CT molecular complexity index is 646. The van der Waals surface area contributed by atoms with Crippen molar-refractivity contribution >= 4 is 27.5 Å². The third kappa shape index (κ3) is 1.13. The molecule has 0 saturated heterocycles. The first-order valence-electron chi connectivity index (χ1n) is 4.74. The Balaban J connectivity index is 2.64. The Labute approximate surface area is 86.6 Å². The summed E-state index contributed by atoms with van der Waals surface area (Å²) in [6.45, 7) is 0. The zero-order valence-corrected chi connectivity index (χ0v) is 8.01. The van der Waals surface area contributed by atoms with Crippen LogP contribution >= 0.6 is 0 Å². The molecule has 3 heteroatoms. The van der Waals surface area contributed by atoms with Gasteiger partial charge in [-0.05, 0) is 17.5 Å². The molecule has 15 heavy (non-hydrogen) atoms. The molecule has 0 radical (unpaired) electrons. The van der Waals surface area contributed by atoms with Crippen molar-refractivity contribution in [2.75, 3.05) is 5.73 Å². The summed E-state index contributed by atoms with van der Waals surface area (Å²) in [5, 5.41) is 3.13. The molecule has 0 aliphatic carbocycles. The minimum atomic E-state index is 0.539. The van der Waals surface area contributed by atoms with Gasteiger partial charge in [0.2, 0.25) is 0 Å². The van der Waals surface area contributed by atoms with Crippen LogP contribution < -0.4 is 5.73 Å². The number of para-hydroxylation sites is 1. The summed E-state index contributed by atoms with van der Waals surface area (Å²) < 4.78 is 0. The molecule has 1 aromatic carbocycles. The number of hydrogen-bond acceptors (Lipinski definition) is 3. The molecule has 2 heterocycles. The lowest BCUT2D eigenvalue weighted by atomic mass is 10.1. The lowest BCUT2D eigenvalue weighted by molar-refractivity contribution is 1.35. The molecule has 0 aliphatic heterocycles. The van der Waals surface area contributed by atoms with Crippen molar-refractivity contribution in [3.05, 3.63) is 42.7 Å². The molecule has 72 valence electrons. The first-order valence-corrected chi connectivity index (χ1v) is 4.74. The summed E-state index contributed by atoms with van der Waals surface area (Å²) in [4.78, 5) is 8.40. The molecule has 0 bridgehead atoms. The molecule has 3 nitrogen and oxygen atoms in total. The standard InChI is InChI=1S/C12H9N3/c13-12-10-7-14-6-5-8(10)9-3-1-2-4-11(9)15-12/h1-7H,(H2,13,15). The fraction of sp³-hybridized carbons (Fsp3) is 0. The Hall–Kier alpha value is -2.16. The van der Waals surface area contributed by atoms with Crippen molar-refractivity contribution in [1.29, 1.82) is 0 Å². The fourth-order valence-electron chi connectivity index (χ4n) is 1.82. The largest absolute Gasteiger partial charge is 0.383 e. The maximum Gasteiger partial charge on any atom is 0.133 e. The number of nitrogens with zero attached hydrogens (tertiary/aromatic N) is 2. The summed E-state index contributed by atoms with van der Waals surface area (Å²) in [5.74, 6) is 0.539. The van der Waals surface area contributed by atoms with E-state index in [0.717, 1.165) is 21.7 Å². The van der Waals surface area contributed by atoms with Crippen molar-refractivity contribution in [2.45, 2.75) is 0 Å². The van der Waals surface area contributed by atoms with E-state index in [1.807, 2.05) is 30.3 Å². The number of rotatable bonds is 0. The maximum atomic E-state index is 5.87. The highest BCUT2D eigenvalue weighted by atomic mass is 14.8. The van der Waals surface area contributed by atoms with E-state index >= 15 is 0 Å². The summed E-state index contributed by atoms with van der Waals surface area (Å²) >= 11 is 0. The summed E-state index contributed by atoms with van der Waals surface area (Å²) in [5.41, 5.74) is 6.80. The highest BCUT2D eigenvalue weighted by Crippen LogP contribution is 2.26. The minimum Gasteiger partial charge on any atom is -0.383 e. The lowest BCUT2D eigenvalue weighted by Gasteiger charge is -2.04. The Morgan fingerprint density at radius 3 is 2.73 bits per heavy atom. The molecule has 0 spiro atoms. The van der Waals surface area contributed by atoms with Crippen molar-refractivity contribution in [1.82, 2.24) is 9.97 Å². The summed E-state index contributed by atoms with van der Waals surface area (Å²) in [6, 6.07) is 9.94. The SMILES string of the molecule is Nc1nc2ccccc2c2ccncc12. The van der Waals surface area contributed by atoms with E-state index in [0.29, 0.717) is 5.82 Å². The van der Waals surface area contributed by atoms with E-state index < -0.39 is 0 Å². The number of pyridine rings is 2. The monoisotopic (exact) mass is 195 g/mol. The number of aromatic nitrogens is 2. The number of fused-ring (bicyclic) bond motifs is 3. The number of nitrogen functional groups attached to an aromatic ring is 1. The van der Waals surface area contributed by atoms with E-state index in [2.05, 4.69) is 9.97 Å². The van der Waals surface area contributed by atoms with Crippen LogP contribution in [0.4, 0.5) is 5.82 Å². The van der Waals surface area contributed by atoms with Crippen LogP contribution in [-0.2, 0) is 0 Å². The molecule has 2 N–H and O–H groups in total. The third-order valence-corrected chi connectivity index (χ3v) is 2.53. The van der Waals surface area contributed by atoms with Crippen LogP contribution in [0.5, 0.6) is 0 Å². The Morgan fingerprint density at radius 1 is 0.933 bits per heavy atom. The van der Waals surface area contributed by atoms with Gasteiger partial charge in [0.15, 0.2) is 0 Å². The van der Waals surface area contributed by atoms with Gasteiger partial charge in [0.1, 0.15) is 5.82 Å². The lowest BCUT2D eigenvalue weighted by Crippen LogP contribution is -1.93. The van der Waals surface area contributed by atoms with Crippen LogP contribution in [-0.4, -0.2) is 9.97 Å². The van der Waals surface area contributed by atoms with E-state index in [-0.39, 0.29) is 0 Å². The molecular formula is C12H9N3. The highest BCUT2D eigenvalue weighted by molar-refractivity contribution is 6.09. The highest BCUT2D eigenvalue weighted by Gasteiger charge is 2.04. The zero-order valence-electron chi connectivity index (χ0n) is 8.01. The predicted molar refractivity (Wildman–Crippen MR) is 61.5 cm³/mol. The average molecular weight is 195 g/mol. The van der Waals surface area contributed by atoms with Crippen molar-refractivity contribution in [2.24, 2.45) is 0 Å². The smallest absolute Gasteiger partial charge is 0.133 e. The van der Waals surface area contributed by atoms with Crippen LogP contribution in [0.15, 0.2) is 42.7 Å². The van der Waals surface area contributed by atoms with Crippen molar-refractivity contribution in [3.63, 3.8) is 0 Å². The molecule has 0 amide bonds. The molecule has 0 aliphatic rings. The molecule has 2 aromatic heterocycles. The molecule has 0 atom stereocenters. The molecule has 0 saturated carbocycles. The van der Waals surface area contributed by atoms with Gasteiger partial charge in [-0.15, -0.1) is 0 Å². The maximum absolute atomic E-state index is 5.87. The van der Waals surface area contributed by atoms with E-state index in [1.54, 1.807) is 12.4 Å². The normalized spacial score (nSPS) is 10.9. The minimum absolute atomic E-state index is 0.539. The van der Waals surface area contributed by atoms with Crippen LogP contribution in [0.3, 0.4) is 0 Å². The van der Waals surface area contributed by atoms with Crippen LogP contribution in [0, 0.1) is 0 Å². The van der Waals surface area contributed by atoms with Gasteiger partial charge in [-0.1, -0.05) is 18.2 Å². The molecule has 0 fully saturated rings. The number of benzene rings is 1.